The van der Waals surface area contributed by atoms with Gasteiger partial charge in [0.05, 0.1) is 13.2 Å². The largest absolute Gasteiger partial charge is 0.487 e. The Bertz CT molecular complexity index is 1220. The highest BCUT2D eigenvalue weighted by atomic mass is 32.2. The summed E-state index contributed by atoms with van der Waals surface area (Å²) in [6.45, 7) is 7.75. The standard InChI is InChI=1S/C27H35N3O5S/c1-19(2)9-8-10-22-12-13-26-24(15-22)35-25(17-29(5)27(32)23-11-6-7-14-28-23)20(3)16-30(21(4)18-31)36(26,33)34/h6-7,11-15,19-21,25,31H,9,16-18H2,1-5H3/t20-,21-,25-/m1/s1. The molecule has 0 aliphatic carbocycles. The number of aliphatic hydroxyl groups excluding tert-OH is 1. The number of carbonyl (C=O) groups excluding carboxylic acids is 1. The number of likely N-dealkylation sites (N-methyl/N-ethyl adjacent to an activating group) is 1. The fourth-order valence-electron chi connectivity index (χ4n) is 3.92. The molecule has 3 rings (SSSR count). The van der Waals surface area contributed by atoms with Crippen LogP contribution in [0.25, 0.3) is 0 Å². The quantitative estimate of drug-likeness (QED) is 0.596. The van der Waals surface area contributed by atoms with Crippen LogP contribution in [0.15, 0.2) is 47.5 Å². The summed E-state index contributed by atoms with van der Waals surface area (Å²) < 4.78 is 34.8. The van der Waals surface area contributed by atoms with Gasteiger partial charge in [-0.3, -0.25) is 9.78 Å². The Morgan fingerprint density at radius 1 is 1.28 bits per heavy atom. The molecule has 1 aromatic heterocycles. The van der Waals surface area contributed by atoms with Crippen molar-refractivity contribution in [1.29, 1.82) is 0 Å². The Labute approximate surface area is 214 Å². The normalized spacial score (nSPS) is 20.2. The van der Waals surface area contributed by atoms with E-state index < -0.39 is 22.2 Å². The fourth-order valence-corrected chi connectivity index (χ4v) is 5.74. The number of hydrogen-bond donors (Lipinski definition) is 1. The summed E-state index contributed by atoms with van der Waals surface area (Å²) in [6, 6.07) is 9.35. The first-order valence-electron chi connectivity index (χ1n) is 12.1. The second kappa shape index (κ2) is 11.9. The van der Waals surface area contributed by atoms with Crippen molar-refractivity contribution in [2.75, 3.05) is 26.7 Å². The van der Waals surface area contributed by atoms with Crippen molar-refractivity contribution < 1.29 is 23.1 Å². The van der Waals surface area contributed by atoms with Crippen molar-refractivity contribution in [3.63, 3.8) is 0 Å². The third-order valence-corrected chi connectivity index (χ3v) is 8.11. The maximum atomic E-state index is 13.6. The van der Waals surface area contributed by atoms with Gasteiger partial charge in [0, 0.05) is 43.7 Å². The van der Waals surface area contributed by atoms with Gasteiger partial charge >= 0.3 is 0 Å². The number of pyridine rings is 1. The van der Waals surface area contributed by atoms with Gasteiger partial charge in [-0.15, -0.1) is 0 Å². The molecule has 1 N–H and O–H groups in total. The average molecular weight is 514 g/mol. The maximum absolute atomic E-state index is 13.6. The van der Waals surface area contributed by atoms with Gasteiger partial charge in [0.2, 0.25) is 10.0 Å². The second-order valence-electron chi connectivity index (χ2n) is 9.70. The van der Waals surface area contributed by atoms with Gasteiger partial charge in [0.15, 0.2) is 0 Å². The molecule has 8 nitrogen and oxygen atoms in total. The summed E-state index contributed by atoms with van der Waals surface area (Å²) in [5.74, 6) is 6.29. The number of nitrogens with zero attached hydrogens (tertiary/aromatic N) is 3. The monoisotopic (exact) mass is 513 g/mol. The molecule has 2 heterocycles. The first-order valence-corrected chi connectivity index (χ1v) is 13.6. The van der Waals surface area contributed by atoms with Crippen LogP contribution in [0.3, 0.4) is 0 Å². The molecule has 0 unspecified atom stereocenters. The lowest BCUT2D eigenvalue weighted by Crippen LogP contribution is -2.50. The molecule has 1 aliphatic heterocycles. The molecule has 9 heteroatoms. The third kappa shape index (κ3) is 6.44. The Morgan fingerprint density at radius 3 is 2.67 bits per heavy atom. The fraction of sp³-hybridized carbons (Fsp3) is 0.481. The van der Waals surface area contributed by atoms with Crippen molar-refractivity contribution in [1.82, 2.24) is 14.2 Å². The van der Waals surface area contributed by atoms with Gasteiger partial charge in [-0.25, -0.2) is 8.42 Å². The molecule has 2 aromatic rings. The van der Waals surface area contributed by atoms with E-state index in [4.69, 9.17) is 4.74 Å². The number of fused-ring (bicyclic) bond motifs is 1. The number of aliphatic hydroxyl groups is 1. The van der Waals surface area contributed by atoms with Crippen LogP contribution in [0.2, 0.25) is 0 Å². The van der Waals surface area contributed by atoms with Crippen LogP contribution >= 0.6 is 0 Å². The van der Waals surface area contributed by atoms with Gasteiger partial charge in [-0.05, 0) is 43.2 Å². The highest BCUT2D eigenvalue weighted by Crippen LogP contribution is 2.34. The van der Waals surface area contributed by atoms with Crippen LogP contribution in [0.5, 0.6) is 5.75 Å². The highest BCUT2D eigenvalue weighted by Gasteiger charge is 2.38. The molecular weight excluding hydrogens is 478 g/mol. The minimum absolute atomic E-state index is 0.0211. The number of hydrogen-bond acceptors (Lipinski definition) is 6. The second-order valence-corrected chi connectivity index (χ2v) is 11.6. The van der Waals surface area contributed by atoms with Crippen molar-refractivity contribution >= 4 is 15.9 Å². The van der Waals surface area contributed by atoms with E-state index in [1.165, 1.54) is 15.3 Å². The summed E-state index contributed by atoms with van der Waals surface area (Å²) in [4.78, 5) is 18.6. The number of amides is 1. The van der Waals surface area contributed by atoms with E-state index in [1.807, 2.05) is 6.92 Å². The molecule has 0 saturated heterocycles. The maximum Gasteiger partial charge on any atom is 0.272 e. The summed E-state index contributed by atoms with van der Waals surface area (Å²) in [7, 11) is -2.27. The topological polar surface area (TPSA) is 100 Å². The van der Waals surface area contributed by atoms with Gasteiger partial charge in [0.1, 0.15) is 22.4 Å². The first kappa shape index (κ1) is 27.7. The molecule has 0 radical (unpaired) electrons. The average Bonchev–Trinajstić information content (AvgIpc) is 2.85. The minimum atomic E-state index is -3.94. The summed E-state index contributed by atoms with van der Waals surface area (Å²) in [5, 5.41) is 9.80. The van der Waals surface area contributed by atoms with E-state index in [0.29, 0.717) is 17.2 Å². The highest BCUT2D eigenvalue weighted by molar-refractivity contribution is 7.89. The van der Waals surface area contributed by atoms with E-state index >= 15 is 0 Å². The van der Waals surface area contributed by atoms with Crippen LogP contribution in [-0.4, -0.2) is 72.5 Å². The summed E-state index contributed by atoms with van der Waals surface area (Å²) in [5.41, 5.74) is 0.968. The zero-order chi connectivity index (χ0) is 26.5. The number of ether oxygens (including phenoxy) is 1. The number of benzene rings is 1. The zero-order valence-corrected chi connectivity index (χ0v) is 22.3. The predicted molar refractivity (Wildman–Crippen MR) is 138 cm³/mol. The lowest BCUT2D eigenvalue weighted by molar-refractivity contribution is 0.0559. The zero-order valence-electron chi connectivity index (χ0n) is 21.5. The Kier molecular flexibility index (Phi) is 9.12. The van der Waals surface area contributed by atoms with Crippen LogP contribution in [0.1, 0.15) is 50.2 Å². The van der Waals surface area contributed by atoms with Crippen LogP contribution in [0.4, 0.5) is 0 Å². The van der Waals surface area contributed by atoms with Crippen LogP contribution in [0, 0.1) is 23.7 Å². The molecule has 0 bridgehead atoms. The summed E-state index contributed by atoms with van der Waals surface area (Å²) >= 11 is 0. The molecule has 1 aromatic carbocycles. The number of rotatable bonds is 6. The lowest BCUT2D eigenvalue weighted by Gasteiger charge is -2.37. The Hall–Kier alpha value is -2.93. The van der Waals surface area contributed by atoms with Gasteiger partial charge in [0.25, 0.3) is 5.91 Å². The van der Waals surface area contributed by atoms with E-state index in [9.17, 15) is 18.3 Å². The lowest BCUT2D eigenvalue weighted by atomic mass is 10.0. The van der Waals surface area contributed by atoms with Gasteiger partial charge in [-0.1, -0.05) is 38.7 Å². The summed E-state index contributed by atoms with van der Waals surface area (Å²) in [6.07, 6.45) is 1.77. The van der Waals surface area contributed by atoms with Gasteiger partial charge in [-0.2, -0.15) is 4.31 Å². The number of aromatic nitrogens is 1. The minimum Gasteiger partial charge on any atom is -0.487 e. The van der Waals surface area contributed by atoms with E-state index in [2.05, 4.69) is 30.7 Å². The molecule has 0 fully saturated rings. The number of carbonyl (C=O) groups is 1. The van der Waals surface area contributed by atoms with Crippen LogP contribution < -0.4 is 4.74 Å². The molecule has 1 amide bonds. The van der Waals surface area contributed by atoms with Gasteiger partial charge < -0.3 is 14.7 Å². The first-order chi connectivity index (χ1) is 17.0. The third-order valence-electron chi connectivity index (χ3n) is 6.09. The predicted octanol–water partition coefficient (Wildman–Crippen LogP) is 3.02. The number of sulfonamides is 1. The smallest absolute Gasteiger partial charge is 0.272 e. The van der Waals surface area contributed by atoms with Crippen LogP contribution in [-0.2, 0) is 10.0 Å². The molecule has 36 heavy (non-hydrogen) atoms. The van der Waals surface area contributed by atoms with Crippen molar-refractivity contribution in [2.45, 2.75) is 51.2 Å². The Balaban J connectivity index is 2.00. The van der Waals surface area contributed by atoms with Crippen molar-refractivity contribution in [2.24, 2.45) is 11.8 Å². The molecule has 194 valence electrons. The van der Waals surface area contributed by atoms with E-state index in [-0.39, 0.29) is 42.2 Å². The molecule has 1 aliphatic rings. The van der Waals surface area contributed by atoms with E-state index in [0.717, 1.165) is 6.42 Å². The van der Waals surface area contributed by atoms with Crippen molar-refractivity contribution in [3.8, 4) is 17.6 Å². The Morgan fingerprint density at radius 2 is 2.03 bits per heavy atom. The molecule has 0 spiro atoms. The molecular formula is C27H35N3O5S. The molecule has 3 atom stereocenters. The van der Waals surface area contributed by atoms with Crippen molar-refractivity contribution in [3.05, 3.63) is 53.9 Å². The van der Waals surface area contributed by atoms with E-state index in [1.54, 1.807) is 50.5 Å². The molecule has 0 saturated carbocycles. The SMILES string of the molecule is CC(C)CC#Cc1ccc2c(c1)O[C@H](CN(C)C(=O)c1ccccn1)[C@H](C)CN([C@H](C)CO)S2(=O)=O.